The Morgan fingerprint density at radius 2 is 0.562 bits per heavy atom. The van der Waals surface area contributed by atoms with Gasteiger partial charge >= 0.3 is 0 Å². The van der Waals surface area contributed by atoms with Crippen LogP contribution in [0.25, 0.3) is 44.5 Å². The van der Waals surface area contributed by atoms with Crippen LogP contribution in [0, 0.1) is 27.7 Å². The lowest BCUT2D eigenvalue weighted by molar-refractivity contribution is 0.972. The lowest BCUT2D eigenvalue weighted by Crippen LogP contribution is -2.27. The van der Waals surface area contributed by atoms with E-state index in [1.54, 1.807) is 0 Å². The second-order valence-corrected chi connectivity index (χ2v) is 16.7. The quantitative estimate of drug-likeness (QED) is 0.152. The molecule has 0 spiro atoms. The van der Waals surface area contributed by atoms with Crippen molar-refractivity contribution in [3.05, 3.63) is 217 Å². The molecule has 0 atom stereocenters. The zero-order valence-corrected chi connectivity index (χ0v) is 36.6. The molecule has 0 bridgehead atoms. The zero-order valence-electron chi connectivity index (χ0n) is 36.6. The molecule has 2 aromatic heterocycles. The number of aryl methyl sites for hydroxylation is 4. The van der Waals surface area contributed by atoms with Gasteiger partial charge in [-0.15, -0.1) is 0 Å². The van der Waals surface area contributed by atoms with Crippen LogP contribution in [0.1, 0.15) is 22.8 Å². The summed E-state index contributed by atoms with van der Waals surface area (Å²) in [6.07, 6.45) is 0. The molecule has 310 valence electrons. The van der Waals surface area contributed by atoms with Gasteiger partial charge in [0.25, 0.3) is 0 Å². The highest BCUT2D eigenvalue weighted by Gasteiger charge is 2.36. The van der Waals surface area contributed by atoms with Crippen molar-refractivity contribution >= 4 is 45.5 Å². The van der Waals surface area contributed by atoms with Crippen molar-refractivity contribution in [2.45, 2.75) is 27.7 Å². The molecule has 0 saturated carbocycles. The summed E-state index contributed by atoms with van der Waals surface area (Å²) in [5, 5.41) is 0. The SMILES string of the molecule is Cc1nc(C)c(-c2ccccc2)c(N2CN(c3cccc(N4CN(c5c(-c6ccccc6)c(C)nc(C)c5-c5ccccc5)c5ccccc54)c3)c3ccccc32)c1-c1ccccc1. The van der Waals surface area contributed by atoms with Gasteiger partial charge in [-0.2, -0.15) is 0 Å². The molecule has 11 rings (SSSR count). The van der Waals surface area contributed by atoms with Gasteiger partial charge in [-0.25, -0.2) is 0 Å². The summed E-state index contributed by atoms with van der Waals surface area (Å²) in [4.78, 5) is 20.3. The summed E-state index contributed by atoms with van der Waals surface area (Å²) in [6, 6.07) is 69.7. The molecule has 2 aliphatic rings. The van der Waals surface area contributed by atoms with E-state index in [0.717, 1.165) is 101 Å². The minimum atomic E-state index is 0.629. The van der Waals surface area contributed by atoms with E-state index in [1.807, 2.05) is 0 Å². The Morgan fingerprint density at radius 3 is 0.859 bits per heavy atom. The van der Waals surface area contributed by atoms with Crippen LogP contribution in [-0.4, -0.2) is 23.3 Å². The van der Waals surface area contributed by atoms with E-state index in [1.165, 1.54) is 11.4 Å². The Labute approximate surface area is 376 Å². The van der Waals surface area contributed by atoms with Crippen LogP contribution in [-0.2, 0) is 0 Å². The molecule has 2 aliphatic heterocycles. The molecule has 6 heteroatoms. The molecule has 0 aliphatic carbocycles. The van der Waals surface area contributed by atoms with Crippen LogP contribution in [0.3, 0.4) is 0 Å². The molecule has 0 amide bonds. The first-order valence-corrected chi connectivity index (χ1v) is 22.1. The second kappa shape index (κ2) is 16.1. The van der Waals surface area contributed by atoms with E-state index >= 15 is 0 Å². The first-order chi connectivity index (χ1) is 31.4. The summed E-state index contributed by atoms with van der Waals surface area (Å²) in [5.74, 6) is 0. The fraction of sp³-hybridized carbons (Fsp3) is 0.103. The van der Waals surface area contributed by atoms with Crippen molar-refractivity contribution < 1.29 is 0 Å². The highest BCUT2D eigenvalue weighted by atomic mass is 15.4. The monoisotopic (exact) mass is 828 g/mol. The summed E-state index contributed by atoms with van der Waals surface area (Å²) in [7, 11) is 0. The largest absolute Gasteiger partial charge is 0.321 e. The number of anilines is 8. The smallest absolute Gasteiger partial charge is 0.100 e. The summed E-state index contributed by atoms with van der Waals surface area (Å²) < 4.78 is 0. The third-order valence-corrected chi connectivity index (χ3v) is 12.8. The van der Waals surface area contributed by atoms with Gasteiger partial charge in [-0.3, -0.25) is 9.97 Å². The standard InChI is InChI=1S/C58H48N6/c1-39-53(43-22-9-5-10-23-43)57(54(40(2)59-39)44-24-11-6-12-25-44)63-37-61(49-32-17-19-34-51(49)63)47-30-21-31-48(36-47)62-38-64(52-35-20-18-33-50(52)62)58-55(45-26-13-7-14-27-45)41(3)60-42(4)56(58)46-28-15-8-16-29-46/h5-36H,37-38H2,1-4H3. The normalized spacial score (nSPS) is 13.1. The van der Waals surface area contributed by atoms with Crippen molar-refractivity contribution in [3.63, 3.8) is 0 Å². The number of hydrogen-bond acceptors (Lipinski definition) is 6. The summed E-state index contributed by atoms with van der Waals surface area (Å²) >= 11 is 0. The number of fused-ring (bicyclic) bond motifs is 2. The predicted octanol–water partition coefficient (Wildman–Crippen LogP) is 14.9. The molecule has 7 aromatic carbocycles. The van der Waals surface area contributed by atoms with Crippen molar-refractivity contribution in [1.82, 2.24) is 9.97 Å². The number of hydrogen-bond donors (Lipinski definition) is 0. The summed E-state index contributed by atoms with van der Waals surface area (Å²) in [5.41, 5.74) is 22.5. The van der Waals surface area contributed by atoms with Gasteiger partial charge in [-0.05, 0) is 92.4 Å². The Balaban J connectivity index is 1.04. The molecule has 64 heavy (non-hydrogen) atoms. The number of nitrogens with zero attached hydrogens (tertiary/aromatic N) is 6. The number of para-hydroxylation sites is 4. The average molecular weight is 829 g/mol. The van der Waals surface area contributed by atoms with E-state index in [-0.39, 0.29) is 0 Å². The third kappa shape index (κ3) is 6.58. The number of pyridine rings is 2. The van der Waals surface area contributed by atoms with E-state index in [0.29, 0.717) is 13.3 Å². The van der Waals surface area contributed by atoms with Crippen LogP contribution in [0.15, 0.2) is 194 Å². The third-order valence-electron chi connectivity index (χ3n) is 12.8. The van der Waals surface area contributed by atoms with Crippen LogP contribution >= 0.6 is 0 Å². The fourth-order valence-corrected chi connectivity index (χ4v) is 10.1. The van der Waals surface area contributed by atoms with Crippen molar-refractivity contribution in [3.8, 4) is 44.5 Å². The lowest BCUT2D eigenvalue weighted by atomic mass is 9.93. The van der Waals surface area contributed by atoms with Gasteiger partial charge in [0.1, 0.15) is 13.3 Å². The number of aromatic nitrogens is 2. The van der Waals surface area contributed by atoms with E-state index in [4.69, 9.17) is 9.97 Å². The fourth-order valence-electron chi connectivity index (χ4n) is 10.1. The van der Waals surface area contributed by atoms with E-state index in [9.17, 15) is 0 Å². The maximum atomic E-state index is 5.20. The van der Waals surface area contributed by atoms with Gasteiger partial charge < -0.3 is 19.6 Å². The molecule has 0 N–H and O–H groups in total. The topological polar surface area (TPSA) is 38.7 Å². The molecule has 4 heterocycles. The molecular weight excluding hydrogens is 781 g/mol. The first-order valence-electron chi connectivity index (χ1n) is 22.1. The Hall–Kier alpha value is -7.96. The van der Waals surface area contributed by atoms with Crippen molar-refractivity contribution in [1.29, 1.82) is 0 Å². The van der Waals surface area contributed by atoms with Crippen LogP contribution < -0.4 is 19.6 Å². The minimum Gasteiger partial charge on any atom is -0.321 e. The predicted molar refractivity (Wildman–Crippen MR) is 267 cm³/mol. The number of benzene rings is 7. The molecule has 0 fully saturated rings. The van der Waals surface area contributed by atoms with Gasteiger partial charge in [0.2, 0.25) is 0 Å². The Kier molecular flexibility index (Phi) is 9.77. The highest BCUT2D eigenvalue weighted by molar-refractivity contribution is 6.02. The molecule has 0 radical (unpaired) electrons. The number of rotatable bonds is 8. The van der Waals surface area contributed by atoms with Gasteiger partial charge in [-0.1, -0.05) is 152 Å². The van der Waals surface area contributed by atoms with Crippen LogP contribution in [0.2, 0.25) is 0 Å². The zero-order chi connectivity index (χ0) is 43.3. The van der Waals surface area contributed by atoms with Crippen molar-refractivity contribution in [2.75, 3.05) is 32.9 Å². The second-order valence-electron chi connectivity index (χ2n) is 16.7. The van der Waals surface area contributed by atoms with E-state index < -0.39 is 0 Å². The lowest BCUT2D eigenvalue weighted by Gasteiger charge is -2.30. The molecular formula is C58H48N6. The van der Waals surface area contributed by atoms with Crippen molar-refractivity contribution in [2.24, 2.45) is 0 Å². The molecule has 9 aromatic rings. The highest BCUT2D eigenvalue weighted by Crippen LogP contribution is 2.54. The average Bonchev–Trinajstić information content (AvgIpc) is 3.92. The van der Waals surface area contributed by atoms with Gasteiger partial charge in [0.15, 0.2) is 0 Å². The molecule has 0 unspecified atom stereocenters. The maximum Gasteiger partial charge on any atom is 0.100 e. The summed E-state index contributed by atoms with van der Waals surface area (Å²) in [6.45, 7) is 9.85. The molecule has 0 saturated heterocycles. The first kappa shape index (κ1) is 38.9. The van der Waals surface area contributed by atoms with Crippen LogP contribution in [0.4, 0.5) is 45.5 Å². The maximum absolute atomic E-state index is 5.20. The minimum absolute atomic E-state index is 0.629. The Bertz CT molecular complexity index is 2830. The van der Waals surface area contributed by atoms with E-state index in [2.05, 4.69) is 241 Å². The van der Waals surface area contributed by atoms with Crippen LogP contribution in [0.5, 0.6) is 0 Å². The Morgan fingerprint density at radius 1 is 0.297 bits per heavy atom. The van der Waals surface area contributed by atoms with Gasteiger partial charge in [0.05, 0.1) is 34.1 Å². The van der Waals surface area contributed by atoms with Gasteiger partial charge in [0, 0.05) is 56.4 Å². The molecule has 6 nitrogen and oxygen atoms in total.